The molecule has 0 radical (unpaired) electrons. The molecule has 1 N–H and O–H groups in total. The minimum atomic E-state index is -0.840. The van der Waals surface area contributed by atoms with Crippen LogP contribution in [-0.4, -0.2) is 47.5 Å². The second-order valence-corrected chi connectivity index (χ2v) is 8.92. The van der Waals surface area contributed by atoms with E-state index in [-0.39, 0.29) is 24.3 Å². The maximum Gasteiger partial charge on any atom is 0.250 e. The van der Waals surface area contributed by atoms with Gasteiger partial charge in [-0.3, -0.25) is 14.4 Å². The number of aryl methyl sites for hydroxylation is 2. The summed E-state index contributed by atoms with van der Waals surface area (Å²) >= 11 is 1.28. The minimum Gasteiger partial charge on any atom is -0.341 e. The zero-order chi connectivity index (χ0) is 21.3. The van der Waals surface area contributed by atoms with Crippen molar-refractivity contribution in [3.8, 4) is 0 Å². The summed E-state index contributed by atoms with van der Waals surface area (Å²) in [7, 11) is 0. The standard InChI is InChI=1S/C23H25N3O3S/c1-15-9-10-17(13-16(15)2)24-20(27)14-26-18-7-3-4-8-19(18)30-21(23(26)29)22(28)25-11-5-6-12-25/h3-4,7-10,13,21H,5-6,11-12,14H2,1-2H3,(H,24,27)/t21-/m0/s1. The Hall–Kier alpha value is -2.80. The van der Waals surface area contributed by atoms with Crippen LogP contribution in [0.2, 0.25) is 0 Å². The minimum absolute atomic E-state index is 0.132. The average Bonchev–Trinajstić information content (AvgIpc) is 3.27. The molecule has 0 saturated carbocycles. The molecular formula is C23H25N3O3S. The Labute approximate surface area is 180 Å². The highest BCUT2D eigenvalue weighted by molar-refractivity contribution is 8.01. The zero-order valence-electron chi connectivity index (χ0n) is 17.2. The van der Waals surface area contributed by atoms with Crippen molar-refractivity contribution in [3.05, 3.63) is 53.6 Å². The molecule has 30 heavy (non-hydrogen) atoms. The molecule has 3 amide bonds. The van der Waals surface area contributed by atoms with Crippen LogP contribution >= 0.6 is 11.8 Å². The van der Waals surface area contributed by atoms with Crippen LogP contribution in [0.5, 0.6) is 0 Å². The smallest absolute Gasteiger partial charge is 0.250 e. The van der Waals surface area contributed by atoms with Gasteiger partial charge in [0.05, 0.1) is 5.69 Å². The Balaban J connectivity index is 1.55. The van der Waals surface area contributed by atoms with Crippen molar-refractivity contribution >= 4 is 40.9 Å². The van der Waals surface area contributed by atoms with Crippen LogP contribution in [0.3, 0.4) is 0 Å². The lowest BCUT2D eigenvalue weighted by Crippen LogP contribution is -2.51. The molecule has 4 rings (SSSR count). The maximum absolute atomic E-state index is 13.3. The SMILES string of the molecule is Cc1ccc(NC(=O)CN2C(=O)[C@H](C(=O)N3CCCC3)Sc3ccccc32)cc1C. The van der Waals surface area contributed by atoms with Gasteiger partial charge >= 0.3 is 0 Å². The lowest BCUT2D eigenvalue weighted by molar-refractivity contribution is -0.134. The molecule has 0 aromatic heterocycles. The highest BCUT2D eigenvalue weighted by atomic mass is 32.2. The first-order valence-corrected chi connectivity index (χ1v) is 11.0. The van der Waals surface area contributed by atoms with E-state index in [1.165, 1.54) is 16.7 Å². The van der Waals surface area contributed by atoms with Gasteiger partial charge < -0.3 is 15.1 Å². The molecule has 1 saturated heterocycles. The van der Waals surface area contributed by atoms with E-state index < -0.39 is 5.25 Å². The van der Waals surface area contributed by atoms with Crippen molar-refractivity contribution in [3.63, 3.8) is 0 Å². The van der Waals surface area contributed by atoms with E-state index >= 15 is 0 Å². The predicted octanol–water partition coefficient (Wildman–Crippen LogP) is 3.37. The lowest BCUT2D eigenvalue weighted by atomic mass is 10.1. The van der Waals surface area contributed by atoms with Crippen molar-refractivity contribution in [2.24, 2.45) is 0 Å². The van der Waals surface area contributed by atoms with Gasteiger partial charge in [0.1, 0.15) is 6.54 Å². The molecule has 156 valence electrons. The van der Waals surface area contributed by atoms with Crippen LogP contribution < -0.4 is 10.2 Å². The Morgan fingerprint density at radius 2 is 1.80 bits per heavy atom. The van der Waals surface area contributed by atoms with Gasteiger partial charge in [0.25, 0.3) is 5.91 Å². The molecule has 2 aromatic carbocycles. The third-order valence-corrected chi connectivity index (χ3v) is 6.86. The van der Waals surface area contributed by atoms with Crippen LogP contribution in [0.1, 0.15) is 24.0 Å². The molecule has 2 aromatic rings. The van der Waals surface area contributed by atoms with E-state index in [2.05, 4.69) is 5.32 Å². The van der Waals surface area contributed by atoms with Gasteiger partial charge in [-0.15, -0.1) is 11.8 Å². The van der Waals surface area contributed by atoms with Gasteiger partial charge in [-0.25, -0.2) is 0 Å². The average molecular weight is 424 g/mol. The van der Waals surface area contributed by atoms with Crippen molar-refractivity contribution in [2.45, 2.75) is 36.8 Å². The number of benzene rings is 2. The number of carbonyl (C=O) groups is 3. The summed E-state index contributed by atoms with van der Waals surface area (Å²) in [5.41, 5.74) is 3.60. The van der Waals surface area contributed by atoms with Crippen LogP contribution in [-0.2, 0) is 14.4 Å². The number of hydrogen-bond acceptors (Lipinski definition) is 4. The molecule has 2 aliphatic rings. The molecule has 2 aliphatic heterocycles. The number of nitrogens with zero attached hydrogens (tertiary/aromatic N) is 2. The molecule has 1 atom stereocenters. The highest BCUT2D eigenvalue weighted by Crippen LogP contribution is 2.40. The monoisotopic (exact) mass is 423 g/mol. The summed E-state index contributed by atoms with van der Waals surface area (Å²) in [6.07, 6.45) is 1.94. The highest BCUT2D eigenvalue weighted by Gasteiger charge is 2.41. The van der Waals surface area contributed by atoms with Crippen molar-refractivity contribution < 1.29 is 14.4 Å². The number of para-hydroxylation sites is 1. The predicted molar refractivity (Wildman–Crippen MR) is 119 cm³/mol. The summed E-state index contributed by atoms with van der Waals surface area (Å²) in [6, 6.07) is 13.1. The Morgan fingerprint density at radius 3 is 2.53 bits per heavy atom. The van der Waals surface area contributed by atoms with Crippen LogP contribution in [0, 0.1) is 13.8 Å². The number of hydrogen-bond donors (Lipinski definition) is 1. The molecule has 0 bridgehead atoms. The molecule has 0 spiro atoms. The van der Waals surface area contributed by atoms with Crippen molar-refractivity contribution in [1.82, 2.24) is 4.90 Å². The van der Waals surface area contributed by atoms with Crippen LogP contribution in [0.4, 0.5) is 11.4 Å². The number of amides is 3. The molecule has 7 heteroatoms. The van der Waals surface area contributed by atoms with E-state index in [0.29, 0.717) is 24.5 Å². The molecule has 2 heterocycles. The first-order valence-electron chi connectivity index (χ1n) is 10.2. The fraction of sp³-hybridized carbons (Fsp3) is 0.348. The number of rotatable bonds is 4. The third kappa shape index (κ3) is 4.07. The maximum atomic E-state index is 13.3. The van der Waals surface area contributed by atoms with E-state index in [0.717, 1.165) is 28.9 Å². The third-order valence-electron chi connectivity index (χ3n) is 5.63. The second kappa shape index (κ2) is 8.52. The Bertz CT molecular complexity index is 1000. The van der Waals surface area contributed by atoms with E-state index in [1.807, 2.05) is 56.3 Å². The Morgan fingerprint density at radius 1 is 1.07 bits per heavy atom. The summed E-state index contributed by atoms with van der Waals surface area (Å²) in [5, 5.41) is 2.03. The van der Waals surface area contributed by atoms with Crippen LogP contribution in [0.25, 0.3) is 0 Å². The molecular weight excluding hydrogens is 398 g/mol. The number of fused-ring (bicyclic) bond motifs is 1. The topological polar surface area (TPSA) is 69.7 Å². The van der Waals surface area contributed by atoms with Crippen molar-refractivity contribution in [1.29, 1.82) is 0 Å². The molecule has 1 fully saturated rings. The number of thioether (sulfide) groups is 1. The Kier molecular flexibility index (Phi) is 5.81. The lowest BCUT2D eigenvalue weighted by Gasteiger charge is -2.34. The first kappa shape index (κ1) is 20.5. The van der Waals surface area contributed by atoms with Crippen molar-refractivity contribution in [2.75, 3.05) is 29.9 Å². The largest absolute Gasteiger partial charge is 0.341 e. The second-order valence-electron chi connectivity index (χ2n) is 7.77. The van der Waals surface area contributed by atoms with Gasteiger partial charge in [-0.2, -0.15) is 0 Å². The van der Waals surface area contributed by atoms with E-state index in [1.54, 1.807) is 4.90 Å². The van der Waals surface area contributed by atoms with Gasteiger partial charge in [0.2, 0.25) is 11.8 Å². The summed E-state index contributed by atoms with van der Waals surface area (Å²) in [5.74, 6) is -0.775. The van der Waals surface area contributed by atoms with Gasteiger partial charge in [0, 0.05) is 23.7 Å². The normalized spacial score (nSPS) is 18.3. The quantitative estimate of drug-likeness (QED) is 0.766. The number of nitrogens with one attached hydrogen (secondary N) is 1. The molecule has 6 nitrogen and oxygen atoms in total. The zero-order valence-corrected chi connectivity index (χ0v) is 18.0. The number of anilines is 2. The summed E-state index contributed by atoms with van der Waals surface area (Å²) in [6.45, 7) is 5.25. The fourth-order valence-electron chi connectivity index (χ4n) is 3.80. The fourth-order valence-corrected chi connectivity index (χ4v) is 4.99. The summed E-state index contributed by atoms with van der Waals surface area (Å²) in [4.78, 5) is 43.0. The van der Waals surface area contributed by atoms with Gasteiger partial charge in [-0.1, -0.05) is 18.2 Å². The van der Waals surface area contributed by atoms with E-state index in [9.17, 15) is 14.4 Å². The molecule has 0 unspecified atom stereocenters. The first-order chi connectivity index (χ1) is 14.4. The van der Waals surface area contributed by atoms with E-state index in [4.69, 9.17) is 0 Å². The van der Waals surface area contributed by atoms with Gasteiger partial charge in [-0.05, 0) is 62.1 Å². The number of carbonyl (C=O) groups excluding carboxylic acids is 3. The molecule has 0 aliphatic carbocycles. The summed E-state index contributed by atoms with van der Waals surface area (Å²) < 4.78 is 0. The van der Waals surface area contributed by atoms with Gasteiger partial charge in [0.15, 0.2) is 5.25 Å². The number of likely N-dealkylation sites (tertiary alicyclic amines) is 1. The van der Waals surface area contributed by atoms with Crippen LogP contribution in [0.15, 0.2) is 47.4 Å².